The second-order valence-corrected chi connectivity index (χ2v) is 18.7. The van der Waals surface area contributed by atoms with E-state index < -0.39 is 55.8 Å². The summed E-state index contributed by atoms with van der Waals surface area (Å²) in [7, 11) is -11.2. The maximum Gasteiger partial charge on any atom is 0.534 e. The molecule has 11 nitrogen and oxygen atoms in total. The van der Waals surface area contributed by atoms with E-state index in [4.69, 9.17) is 18.7 Å². The Morgan fingerprint density at radius 3 is 1.89 bits per heavy atom. The Balaban J connectivity index is 3.18. The molecule has 0 aliphatic rings. The Morgan fingerprint density at radius 1 is 0.914 bits per heavy atom. The number of hydrogen-bond donors (Lipinski definition) is 0. The zero-order valence-electron chi connectivity index (χ0n) is 21.6. The standard InChI is InChI=1S/C21H35NO10S2Si/c1-20(2,3)31-18(23)22(32-19(24)29-14-15-30-35(8,9)21(4,5)6)34(27,28)17-13-11-10-12-16(17)33(7,25)26/h10-13H,14-15H2,1-9H3. The molecule has 0 atom stereocenters. The topological polar surface area (TPSA) is 143 Å². The van der Waals surface area contributed by atoms with Gasteiger partial charge in [-0.25, -0.2) is 18.0 Å². The highest BCUT2D eigenvalue weighted by Crippen LogP contribution is 2.36. The second kappa shape index (κ2) is 10.8. The Kier molecular flexibility index (Phi) is 9.56. The first-order chi connectivity index (χ1) is 15.6. The van der Waals surface area contributed by atoms with Gasteiger partial charge in [-0.2, -0.15) is 8.42 Å². The maximum atomic E-state index is 13.2. The highest BCUT2D eigenvalue weighted by molar-refractivity contribution is 7.93. The molecule has 35 heavy (non-hydrogen) atoms. The summed E-state index contributed by atoms with van der Waals surface area (Å²) in [4.78, 5) is 28.3. The first-order valence-corrected chi connectivity index (χ1v) is 16.9. The predicted octanol–water partition coefficient (Wildman–Crippen LogP) is 4.11. The Hall–Kier alpha value is -2.16. The van der Waals surface area contributed by atoms with E-state index in [1.807, 2.05) is 33.9 Å². The van der Waals surface area contributed by atoms with Crippen LogP contribution in [-0.2, 0) is 38.6 Å². The summed E-state index contributed by atoms with van der Waals surface area (Å²) in [5.74, 6) is 0. The fraction of sp³-hybridized carbons (Fsp3) is 0.619. The van der Waals surface area contributed by atoms with Gasteiger partial charge in [0.05, 0.1) is 11.5 Å². The molecule has 0 heterocycles. The van der Waals surface area contributed by atoms with Crippen LogP contribution in [0.2, 0.25) is 18.1 Å². The zero-order valence-corrected chi connectivity index (χ0v) is 24.2. The predicted molar refractivity (Wildman–Crippen MR) is 130 cm³/mol. The number of carbonyl (C=O) groups is 2. The number of nitrogens with zero attached hydrogens (tertiary/aromatic N) is 1. The third-order valence-electron chi connectivity index (χ3n) is 5.02. The molecule has 0 aliphatic carbocycles. The minimum absolute atomic E-state index is 0.0295. The van der Waals surface area contributed by atoms with Crippen molar-refractivity contribution in [3.8, 4) is 0 Å². The normalized spacial score (nSPS) is 13.2. The van der Waals surface area contributed by atoms with Crippen LogP contribution in [0, 0.1) is 0 Å². The van der Waals surface area contributed by atoms with Gasteiger partial charge in [0.1, 0.15) is 17.1 Å². The Morgan fingerprint density at radius 2 is 1.43 bits per heavy atom. The van der Waals surface area contributed by atoms with E-state index >= 15 is 0 Å². The van der Waals surface area contributed by atoms with Crippen molar-refractivity contribution < 1.29 is 45.2 Å². The summed E-state index contributed by atoms with van der Waals surface area (Å²) in [6.07, 6.45) is -2.28. The lowest BCUT2D eigenvalue weighted by Gasteiger charge is -2.36. The van der Waals surface area contributed by atoms with Crippen LogP contribution in [0.1, 0.15) is 41.5 Å². The second-order valence-electron chi connectivity index (χ2n) is 10.2. The summed E-state index contributed by atoms with van der Waals surface area (Å²) < 4.78 is 66.2. The quantitative estimate of drug-likeness (QED) is 0.209. The first-order valence-electron chi connectivity index (χ1n) is 10.7. The molecular weight excluding hydrogens is 518 g/mol. The summed E-state index contributed by atoms with van der Waals surface area (Å²) in [5, 5.41) is -0.0812. The van der Waals surface area contributed by atoms with Crippen molar-refractivity contribution in [2.24, 2.45) is 0 Å². The first kappa shape index (κ1) is 30.9. The van der Waals surface area contributed by atoms with Crippen LogP contribution in [0.15, 0.2) is 34.1 Å². The molecule has 0 N–H and O–H groups in total. The molecule has 1 rings (SSSR count). The number of sulfonamides is 1. The lowest BCUT2D eigenvalue weighted by molar-refractivity contribution is -0.0745. The number of carbonyl (C=O) groups excluding carboxylic acids is 2. The van der Waals surface area contributed by atoms with Gasteiger partial charge in [-0.15, -0.1) is 0 Å². The van der Waals surface area contributed by atoms with Gasteiger partial charge < -0.3 is 13.9 Å². The highest BCUT2D eigenvalue weighted by atomic mass is 32.2. The molecule has 0 bridgehead atoms. The third-order valence-corrected chi connectivity index (χ3v) is 12.4. The average molecular weight is 554 g/mol. The Bertz CT molecular complexity index is 1130. The molecule has 0 saturated carbocycles. The van der Waals surface area contributed by atoms with Crippen molar-refractivity contribution in [1.82, 2.24) is 4.47 Å². The molecule has 0 aliphatic heterocycles. The number of rotatable bonds is 7. The van der Waals surface area contributed by atoms with Gasteiger partial charge in [0.25, 0.3) is 0 Å². The van der Waals surface area contributed by atoms with Crippen LogP contribution < -0.4 is 0 Å². The molecule has 0 radical (unpaired) electrons. The van der Waals surface area contributed by atoms with Crippen molar-refractivity contribution >= 4 is 40.4 Å². The van der Waals surface area contributed by atoms with Crippen LogP contribution in [0.5, 0.6) is 0 Å². The average Bonchev–Trinajstić information content (AvgIpc) is 2.66. The number of sulfone groups is 1. The largest absolute Gasteiger partial charge is 0.534 e. The van der Waals surface area contributed by atoms with Crippen molar-refractivity contribution in [3.63, 3.8) is 0 Å². The van der Waals surface area contributed by atoms with E-state index in [1.54, 1.807) is 0 Å². The SMILES string of the molecule is CC(C)(C)OC(=O)N(OC(=O)OCCO[Si](C)(C)C(C)(C)C)S(=O)(=O)c1ccccc1S(C)(=O)=O. The maximum absolute atomic E-state index is 13.2. The van der Waals surface area contributed by atoms with Gasteiger partial charge in [-0.05, 0) is 55.5 Å². The van der Waals surface area contributed by atoms with Crippen LogP contribution in [-0.4, -0.2) is 66.9 Å². The summed E-state index contributed by atoms with van der Waals surface area (Å²) in [6.45, 7) is 14.3. The summed E-state index contributed by atoms with van der Waals surface area (Å²) in [6, 6.07) is 4.58. The minimum Gasteiger partial charge on any atom is -0.441 e. The van der Waals surface area contributed by atoms with E-state index in [9.17, 15) is 26.4 Å². The molecule has 0 unspecified atom stereocenters. The summed E-state index contributed by atoms with van der Waals surface area (Å²) >= 11 is 0. The molecule has 0 spiro atoms. The molecule has 1 aromatic rings. The van der Waals surface area contributed by atoms with Crippen molar-refractivity contribution in [1.29, 1.82) is 0 Å². The lowest BCUT2D eigenvalue weighted by Crippen LogP contribution is -2.43. The van der Waals surface area contributed by atoms with Crippen LogP contribution >= 0.6 is 0 Å². The molecule has 14 heteroatoms. The number of hydrogen-bond acceptors (Lipinski definition) is 10. The fourth-order valence-electron chi connectivity index (χ4n) is 2.27. The van der Waals surface area contributed by atoms with Gasteiger partial charge in [-0.3, -0.25) is 4.84 Å². The number of hydroxylamine groups is 1. The third kappa shape index (κ3) is 8.77. The van der Waals surface area contributed by atoms with Crippen molar-refractivity contribution in [2.75, 3.05) is 19.5 Å². The highest BCUT2D eigenvalue weighted by Gasteiger charge is 2.40. The van der Waals surface area contributed by atoms with Gasteiger partial charge in [0.15, 0.2) is 18.2 Å². The van der Waals surface area contributed by atoms with Gasteiger partial charge in [-0.1, -0.05) is 32.9 Å². The van der Waals surface area contributed by atoms with E-state index in [0.717, 1.165) is 18.4 Å². The van der Waals surface area contributed by atoms with Crippen LogP contribution in [0.3, 0.4) is 0 Å². The Labute approximate surface area is 208 Å². The van der Waals surface area contributed by atoms with E-state index in [-0.39, 0.29) is 22.7 Å². The number of ether oxygens (including phenoxy) is 2. The molecular formula is C21H35NO10S2Si. The molecule has 0 saturated heterocycles. The number of amides is 1. The van der Waals surface area contributed by atoms with Crippen LogP contribution in [0.4, 0.5) is 9.59 Å². The number of benzene rings is 1. The van der Waals surface area contributed by atoms with E-state index in [0.29, 0.717) is 0 Å². The molecule has 1 amide bonds. The van der Waals surface area contributed by atoms with E-state index in [1.165, 1.54) is 32.9 Å². The zero-order chi connectivity index (χ0) is 27.5. The van der Waals surface area contributed by atoms with Crippen molar-refractivity contribution in [2.45, 2.75) is 75.1 Å². The monoisotopic (exact) mass is 553 g/mol. The smallest absolute Gasteiger partial charge is 0.441 e. The fourth-order valence-corrected chi connectivity index (χ4v) is 5.97. The van der Waals surface area contributed by atoms with E-state index in [2.05, 4.69) is 0 Å². The van der Waals surface area contributed by atoms with Gasteiger partial charge in [0.2, 0.25) is 0 Å². The van der Waals surface area contributed by atoms with Gasteiger partial charge >= 0.3 is 22.3 Å². The minimum atomic E-state index is -5.02. The molecule has 0 aromatic heterocycles. The summed E-state index contributed by atoms with van der Waals surface area (Å²) in [5.41, 5.74) is -1.16. The van der Waals surface area contributed by atoms with Crippen molar-refractivity contribution in [3.05, 3.63) is 24.3 Å². The van der Waals surface area contributed by atoms with Crippen LogP contribution in [0.25, 0.3) is 0 Å². The van der Waals surface area contributed by atoms with Gasteiger partial charge in [0, 0.05) is 6.26 Å². The molecule has 1 aromatic carbocycles. The lowest BCUT2D eigenvalue weighted by atomic mass is 10.2. The molecule has 0 fully saturated rings. The molecule has 200 valence electrons.